The minimum Gasteiger partial charge on any atom is -0.384 e. The molecule has 18 heavy (non-hydrogen) atoms. The fraction of sp³-hybridized carbons (Fsp3) is 0.467. The van der Waals surface area contributed by atoms with Crippen molar-refractivity contribution in [3.05, 3.63) is 35.1 Å². The smallest absolute Gasteiger partial charge is 0.138 e. The van der Waals surface area contributed by atoms with Gasteiger partial charge in [-0.25, -0.2) is 4.39 Å². The van der Waals surface area contributed by atoms with Crippen molar-refractivity contribution < 1.29 is 9.50 Å². The lowest BCUT2D eigenvalue weighted by Gasteiger charge is -2.08. The number of halogens is 1. The summed E-state index contributed by atoms with van der Waals surface area (Å²) in [4.78, 5) is 0. The van der Waals surface area contributed by atoms with Crippen molar-refractivity contribution in [2.24, 2.45) is 5.92 Å². The van der Waals surface area contributed by atoms with Crippen LogP contribution >= 0.6 is 11.8 Å². The van der Waals surface area contributed by atoms with Gasteiger partial charge in [0.05, 0.1) is 5.56 Å². The van der Waals surface area contributed by atoms with Crippen molar-refractivity contribution in [3.8, 4) is 11.8 Å². The summed E-state index contributed by atoms with van der Waals surface area (Å²) in [6.45, 7) is 4.17. The van der Waals surface area contributed by atoms with E-state index in [1.54, 1.807) is 12.1 Å². The Bertz CT molecular complexity index is 434. The standard InChI is InChI=1S/C15H19FOS/c1-3-12(2)10-18-11-13-6-7-15(16)14(9-13)5-4-8-17/h6-7,9,12,17H,3,8,10-11H2,1-2H3. The average molecular weight is 266 g/mol. The number of benzene rings is 1. The van der Waals surface area contributed by atoms with Gasteiger partial charge in [0.1, 0.15) is 12.4 Å². The van der Waals surface area contributed by atoms with E-state index in [0.29, 0.717) is 11.5 Å². The van der Waals surface area contributed by atoms with Crippen LogP contribution < -0.4 is 0 Å². The molecule has 0 saturated carbocycles. The first-order valence-electron chi connectivity index (χ1n) is 6.13. The molecule has 0 radical (unpaired) electrons. The molecule has 98 valence electrons. The molecule has 1 N–H and O–H groups in total. The molecule has 1 aromatic carbocycles. The first-order chi connectivity index (χ1) is 8.67. The third-order valence-electron chi connectivity index (χ3n) is 2.70. The maximum absolute atomic E-state index is 13.4. The maximum atomic E-state index is 13.4. The van der Waals surface area contributed by atoms with Crippen LogP contribution in [0.1, 0.15) is 31.4 Å². The van der Waals surface area contributed by atoms with Crippen LogP contribution in [0.5, 0.6) is 0 Å². The minimum atomic E-state index is -0.327. The normalized spacial score (nSPS) is 11.8. The Labute approximate surface area is 113 Å². The topological polar surface area (TPSA) is 20.2 Å². The summed E-state index contributed by atoms with van der Waals surface area (Å²) in [5.41, 5.74) is 1.44. The number of rotatable bonds is 5. The molecule has 0 spiro atoms. The SMILES string of the molecule is CCC(C)CSCc1ccc(F)c(C#CCO)c1. The zero-order valence-electron chi connectivity index (χ0n) is 10.9. The molecule has 0 aliphatic carbocycles. The number of aliphatic hydroxyl groups excluding tert-OH is 1. The second kappa shape index (κ2) is 8.18. The molecule has 0 heterocycles. The van der Waals surface area contributed by atoms with Gasteiger partial charge >= 0.3 is 0 Å². The summed E-state index contributed by atoms with van der Waals surface area (Å²) >= 11 is 1.86. The Morgan fingerprint density at radius 3 is 2.89 bits per heavy atom. The predicted molar refractivity (Wildman–Crippen MR) is 76.0 cm³/mol. The summed E-state index contributed by atoms with van der Waals surface area (Å²) in [6, 6.07) is 5.01. The highest BCUT2D eigenvalue weighted by atomic mass is 32.2. The van der Waals surface area contributed by atoms with Gasteiger partial charge in [-0.2, -0.15) is 11.8 Å². The van der Waals surface area contributed by atoms with Gasteiger partial charge in [-0.05, 0) is 29.4 Å². The van der Waals surface area contributed by atoms with E-state index in [4.69, 9.17) is 5.11 Å². The van der Waals surface area contributed by atoms with E-state index < -0.39 is 0 Å². The quantitative estimate of drug-likeness (QED) is 0.824. The van der Waals surface area contributed by atoms with Gasteiger partial charge in [0.2, 0.25) is 0 Å². The van der Waals surface area contributed by atoms with Gasteiger partial charge in [-0.3, -0.25) is 0 Å². The van der Waals surface area contributed by atoms with Gasteiger partial charge in [0.25, 0.3) is 0 Å². The van der Waals surface area contributed by atoms with Crippen LogP contribution in [0.15, 0.2) is 18.2 Å². The Kier molecular flexibility index (Phi) is 6.85. The first-order valence-corrected chi connectivity index (χ1v) is 7.28. The lowest BCUT2D eigenvalue weighted by molar-refractivity contribution is 0.350. The van der Waals surface area contributed by atoms with Crippen LogP contribution in [0.25, 0.3) is 0 Å². The van der Waals surface area contributed by atoms with Crippen LogP contribution in [0, 0.1) is 23.6 Å². The summed E-state index contributed by atoms with van der Waals surface area (Å²) in [6.07, 6.45) is 1.18. The monoisotopic (exact) mass is 266 g/mol. The van der Waals surface area contributed by atoms with Gasteiger partial charge in [0.15, 0.2) is 0 Å². The van der Waals surface area contributed by atoms with Crippen LogP contribution in [0.3, 0.4) is 0 Å². The molecule has 1 aromatic rings. The summed E-state index contributed by atoms with van der Waals surface area (Å²) in [5, 5.41) is 8.62. The van der Waals surface area contributed by atoms with Crippen molar-refractivity contribution in [1.29, 1.82) is 0 Å². The molecule has 1 unspecified atom stereocenters. The Hall–Kier alpha value is -0.980. The molecule has 0 fully saturated rings. The molecule has 0 aliphatic rings. The molecule has 3 heteroatoms. The van der Waals surface area contributed by atoms with E-state index in [1.165, 1.54) is 12.5 Å². The number of hydrogen-bond acceptors (Lipinski definition) is 2. The molecule has 1 nitrogen and oxygen atoms in total. The second-order valence-corrected chi connectivity index (χ2v) is 5.33. The van der Waals surface area contributed by atoms with Gasteiger partial charge in [-0.15, -0.1) is 0 Å². The third-order valence-corrected chi connectivity index (χ3v) is 4.04. The van der Waals surface area contributed by atoms with Crippen molar-refractivity contribution in [2.45, 2.75) is 26.0 Å². The van der Waals surface area contributed by atoms with E-state index in [1.807, 2.05) is 11.8 Å². The highest BCUT2D eigenvalue weighted by Crippen LogP contribution is 2.19. The Balaban J connectivity index is 2.61. The van der Waals surface area contributed by atoms with E-state index in [2.05, 4.69) is 25.7 Å². The molecule has 0 aromatic heterocycles. The summed E-state index contributed by atoms with van der Waals surface area (Å²) in [5.74, 6) is 7.48. The Morgan fingerprint density at radius 1 is 1.44 bits per heavy atom. The van der Waals surface area contributed by atoms with Crippen molar-refractivity contribution in [2.75, 3.05) is 12.4 Å². The fourth-order valence-corrected chi connectivity index (χ4v) is 2.56. The summed E-state index contributed by atoms with van der Waals surface area (Å²) in [7, 11) is 0. The molecule has 0 bridgehead atoms. The van der Waals surface area contributed by atoms with Crippen LogP contribution in [0.4, 0.5) is 4.39 Å². The lowest BCUT2D eigenvalue weighted by Crippen LogP contribution is -1.96. The first kappa shape index (κ1) is 15.1. The molecule has 0 amide bonds. The van der Waals surface area contributed by atoms with E-state index >= 15 is 0 Å². The van der Waals surface area contributed by atoms with Crippen LogP contribution in [-0.4, -0.2) is 17.5 Å². The highest BCUT2D eigenvalue weighted by Gasteiger charge is 2.03. The largest absolute Gasteiger partial charge is 0.384 e. The average Bonchev–Trinajstić information content (AvgIpc) is 2.38. The molecule has 1 rings (SSSR count). The number of thioether (sulfide) groups is 1. The number of aliphatic hydroxyl groups is 1. The van der Waals surface area contributed by atoms with E-state index in [-0.39, 0.29) is 12.4 Å². The van der Waals surface area contributed by atoms with E-state index in [9.17, 15) is 4.39 Å². The zero-order chi connectivity index (χ0) is 13.4. The fourth-order valence-electron chi connectivity index (χ4n) is 1.39. The minimum absolute atomic E-state index is 0.244. The lowest BCUT2D eigenvalue weighted by atomic mass is 10.1. The predicted octanol–water partition coefficient (Wildman–Crippen LogP) is 3.45. The Morgan fingerprint density at radius 2 is 2.22 bits per heavy atom. The molecule has 0 saturated heterocycles. The number of hydrogen-bond donors (Lipinski definition) is 1. The second-order valence-electron chi connectivity index (χ2n) is 4.30. The molecule has 1 atom stereocenters. The summed E-state index contributed by atoms with van der Waals surface area (Å²) < 4.78 is 13.4. The molecular weight excluding hydrogens is 247 g/mol. The van der Waals surface area contributed by atoms with Crippen molar-refractivity contribution >= 4 is 11.8 Å². The molecule has 0 aliphatic heterocycles. The molecular formula is C15H19FOS. The van der Waals surface area contributed by atoms with Gasteiger partial charge < -0.3 is 5.11 Å². The zero-order valence-corrected chi connectivity index (χ0v) is 11.7. The van der Waals surface area contributed by atoms with Crippen LogP contribution in [0.2, 0.25) is 0 Å². The highest BCUT2D eigenvalue weighted by molar-refractivity contribution is 7.98. The van der Waals surface area contributed by atoms with Gasteiger partial charge in [-0.1, -0.05) is 38.2 Å². The van der Waals surface area contributed by atoms with Gasteiger partial charge in [0, 0.05) is 5.75 Å². The third kappa shape index (κ3) is 5.12. The van der Waals surface area contributed by atoms with Crippen molar-refractivity contribution in [3.63, 3.8) is 0 Å². The van der Waals surface area contributed by atoms with E-state index in [0.717, 1.165) is 17.1 Å². The van der Waals surface area contributed by atoms with Crippen molar-refractivity contribution in [1.82, 2.24) is 0 Å². The maximum Gasteiger partial charge on any atom is 0.138 e. The van der Waals surface area contributed by atoms with Crippen LogP contribution in [-0.2, 0) is 5.75 Å².